The van der Waals surface area contributed by atoms with Crippen LogP contribution in [0.3, 0.4) is 0 Å². The maximum absolute atomic E-state index is 11.9. The SMILES string of the molecule is Cc1ccc(N=C2NC(=O)S/C2=C\c2ccc(-c3cc(Cl)cc(Cl)c3)o2)cc1. The zero-order valence-electron chi connectivity index (χ0n) is 14.7. The van der Waals surface area contributed by atoms with E-state index in [1.807, 2.05) is 43.3 Å². The molecule has 0 radical (unpaired) electrons. The zero-order chi connectivity index (χ0) is 19.7. The van der Waals surface area contributed by atoms with Crippen LogP contribution in [-0.2, 0) is 0 Å². The van der Waals surface area contributed by atoms with E-state index in [0.29, 0.717) is 32.3 Å². The van der Waals surface area contributed by atoms with Crippen LogP contribution in [0.15, 0.2) is 68.9 Å². The fraction of sp³-hybridized carbons (Fsp3) is 0.0476. The molecule has 3 aromatic rings. The number of thioether (sulfide) groups is 1. The van der Waals surface area contributed by atoms with Crippen molar-refractivity contribution >= 4 is 57.8 Å². The van der Waals surface area contributed by atoms with Crippen LogP contribution < -0.4 is 5.32 Å². The van der Waals surface area contributed by atoms with Gasteiger partial charge in [0.05, 0.1) is 10.6 Å². The minimum absolute atomic E-state index is 0.175. The molecule has 1 N–H and O–H groups in total. The average Bonchev–Trinajstić information content (AvgIpc) is 3.23. The lowest BCUT2D eigenvalue weighted by Crippen LogP contribution is -2.18. The molecule has 1 saturated heterocycles. The summed E-state index contributed by atoms with van der Waals surface area (Å²) in [6.45, 7) is 2.01. The first-order valence-corrected chi connectivity index (χ1v) is 9.96. The number of carbonyl (C=O) groups is 1. The third-order valence-corrected chi connectivity index (χ3v) is 5.23. The van der Waals surface area contributed by atoms with Crippen molar-refractivity contribution in [2.24, 2.45) is 4.99 Å². The van der Waals surface area contributed by atoms with Crippen LogP contribution in [0.25, 0.3) is 17.4 Å². The average molecular weight is 429 g/mol. The lowest BCUT2D eigenvalue weighted by molar-refractivity contribution is 0.265. The van der Waals surface area contributed by atoms with Gasteiger partial charge >= 0.3 is 0 Å². The third kappa shape index (κ3) is 4.33. The molecule has 0 spiro atoms. The van der Waals surface area contributed by atoms with E-state index in [1.54, 1.807) is 24.3 Å². The molecule has 1 aromatic heterocycles. The minimum atomic E-state index is -0.175. The van der Waals surface area contributed by atoms with Crippen LogP contribution in [-0.4, -0.2) is 11.1 Å². The maximum Gasteiger partial charge on any atom is 0.289 e. The van der Waals surface area contributed by atoms with Gasteiger partial charge in [0.1, 0.15) is 17.4 Å². The van der Waals surface area contributed by atoms with E-state index in [2.05, 4.69) is 10.3 Å². The monoisotopic (exact) mass is 428 g/mol. The Morgan fingerprint density at radius 1 is 1.04 bits per heavy atom. The van der Waals surface area contributed by atoms with E-state index in [-0.39, 0.29) is 5.24 Å². The van der Waals surface area contributed by atoms with E-state index in [9.17, 15) is 4.79 Å². The molecule has 1 fully saturated rings. The first-order valence-electron chi connectivity index (χ1n) is 8.39. The summed E-state index contributed by atoms with van der Waals surface area (Å²) in [5.74, 6) is 1.74. The van der Waals surface area contributed by atoms with Crippen molar-refractivity contribution < 1.29 is 9.21 Å². The molecule has 0 bridgehead atoms. The number of carbonyl (C=O) groups excluding carboxylic acids is 1. The second-order valence-electron chi connectivity index (χ2n) is 6.18. The molecule has 0 aliphatic carbocycles. The molecule has 4 rings (SSSR count). The fourth-order valence-corrected chi connectivity index (χ4v) is 3.91. The van der Waals surface area contributed by atoms with Gasteiger partial charge in [0, 0.05) is 15.6 Å². The van der Waals surface area contributed by atoms with Gasteiger partial charge in [-0.2, -0.15) is 0 Å². The number of hydrogen-bond acceptors (Lipinski definition) is 4. The minimum Gasteiger partial charge on any atom is -0.457 e. The molecule has 28 heavy (non-hydrogen) atoms. The van der Waals surface area contributed by atoms with Crippen molar-refractivity contribution in [3.63, 3.8) is 0 Å². The highest BCUT2D eigenvalue weighted by molar-refractivity contribution is 8.18. The second-order valence-corrected chi connectivity index (χ2v) is 8.07. The second kappa shape index (κ2) is 7.87. The number of aryl methyl sites for hydroxylation is 1. The Bertz CT molecular complexity index is 1100. The summed E-state index contributed by atoms with van der Waals surface area (Å²) < 4.78 is 5.89. The summed E-state index contributed by atoms with van der Waals surface area (Å²) in [5.41, 5.74) is 2.70. The van der Waals surface area contributed by atoms with E-state index in [0.717, 1.165) is 28.6 Å². The normalized spacial score (nSPS) is 16.8. The highest BCUT2D eigenvalue weighted by Crippen LogP contribution is 2.32. The molecule has 0 unspecified atom stereocenters. The molecule has 0 atom stereocenters. The van der Waals surface area contributed by atoms with E-state index < -0.39 is 0 Å². The lowest BCUT2D eigenvalue weighted by atomic mass is 10.2. The van der Waals surface area contributed by atoms with Gasteiger partial charge in [0.25, 0.3) is 5.24 Å². The molecule has 2 heterocycles. The molecule has 1 aliphatic heterocycles. The van der Waals surface area contributed by atoms with Gasteiger partial charge < -0.3 is 9.73 Å². The number of aliphatic imine (C=N–C) groups is 1. The van der Waals surface area contributed by atoms with Crippen LogP contribution in [0.1, 0.15) is 11.3 Å². The molecular formula is C21H14Cl2N2O2S. The Balaban J connectivity index is 1.64. The number of benzene rings is 2. The van der Waals surface area contributed by atoms with Crippen molar-refractivity contribution in [1.29, 1.82) is 0 Å². The summed E-state index contributed by atoms with van der Waals surface area (Å²) in [7, 11) is 0. The number of nitrogens with one attached hydrogen (secondary N) is 1. The maximum atomic E-state index is 11.9. The predicted molar refractivity (Wildman–Crippen MR) is 117 cm³/mol. The van der Waals surface area contributed by atoms with Crippen LogP contribution >= 0.6 is 35.0 Å². The van der Waals surface area contributed by atoms with Crippen molar-refractivity contribution in [3.05, 3.63) is 80.9 Å². The predicted octanol–water partition coefficient (Wildman–Crippen LogP) is 7.09. The fourth-order valence-electron chi connectivity index (χ4n) is 2.67. The van der Waals surface area contributed by atoms with Crippen LogP contribution in [0.2, 0.25) is 10.0 Å². The van der Waals surface area contributed by atoms with Crippen LogP contribution in [0.4, 0.5) is 10.5 Å². The van der Waals surface area contributed by atoms with Crippen molar-refractivity contribution in [2.75, 3.05) is 0 Å². The summed E-state index contributed by atoms with van der Waals surface area (Å²) in [5, 5.41) is 3.66. The largest absolute Gasteiger partial charge is 0.457 e. The molecule has 2 aromatic carbocycles. The van der Waals surface area contributed by atoms with Gasteiger partial charge in [-0.3, -0.25) is 4.79 Å². The molecule has 4 nitrogen and oxygen atoms in total. The Hall–Kier alpha value is -2.47. The Labute approximate surface area is 176 Å². The topological polar surface area (TPSA) is 54.6 Å². The van der Waals surface area contributed by atoms with Gasteiger partial charge in [-0.25, -0.2) is 4.99 Å². The van der Waals surface area contributed by atoms with Gasteiger partial charge in [0.15, 0.2) is 0 Å². The highest BCUT2D eigenvalue weighted by Gasteiger charge is 2.24. The molecule has 1 amide bonds. The van der Waals surface area contributed by atoms with Gasteiger partial charge in [-0.05, 0) is 67.2 Å². The molecule has 0 saturated carbocycles. The zero-order valence-corrected chi connectivity index (χ0v) is 17.0. The first-order chi connectivity index (χ1) is 13.5. The van der Waals surface area contributed by atoms with Crippen molar-refractivity contribution in [2.45, 2.75) is 6.92 Å². The summed E-state index contributed by atoms with van der Waals surface area (Å²) in [4.78, 5) is 17.1. The lowest BCUT2D eigenvalue weighted by Gasteiger charge is -2.00. The molecule has 140 valence electrons. The van der Waals surface area contributed by atoms with E-state index in [1.165, 1.54) is 0 Å². The summed E-state index contributed by atoms with van der Waals surface area (Å²) in [6, 6.07) is 16.6. The molecule has 1 aliphatic rings. The number of rotatable bonds is 3. The number of nitrogens with zero attached hydrogens (tertiary/aromatic N) is 1. The first kappa shape index (κ1) is 18.9. The van der Waals surface area contributed by atoms with Gasteiger partial charge in [-0.1, -0.05) is 40.9 Å². The Kier molecular flexibility index (Phi) is 5.31. The van der Waals surface area contributed by atoms with Gasteiger partial charge in [-0.15, -0.1) is 0 Å². The van der Waals surface area contributed by atoms with Crippen LogP contribution in [0.5, 0.6) is 0 Å². The number of amides is 1. The third-order valence-electron chi connectivity index (χ3n) is 3.98. The number of hydrogen-bond donors (Lipinski definition) is 1. The number of furan rings is 1. The Morgan fingerprint density at radius 2 is 1.75 bits per heavy atom. The van der Waals surface area contributed by atoms with Crippen LogP contribution in [0, 0.1) is 6.92 Å². The molecular weight excluding hydrogens is 415 g/mol. The quantitative estimate of drug-likeness (QED) is 0.484. The van der Waals surface area contributed by atoms with E-state index in [4.69, 9.17) is 27.6 Å². The smallest absolute Gasteiger partial charge is 0.289 e. The highest BCUT2D eigenvalue weighted by atomic mass is 35.5. The van der Waals surface area contributed by atoms with E-state index >= 15 is 0 Å². The number of halogens is 2. The Morgan fingerprint density at radius 3 is 2.46 bits per heavy atom. The summed E-state index contributed by atoms with van der Waals surface area (Å²) >= 11 is 13.2. The van der Waals surface area contributed by atoms with Gasteiger partial charge in [0.2, 0.25) is 0 Å². The molecule has 7 heteroatoms. The number of amidine groups is 1. The summed E-state index contributed by atoms with van der Waals surface area (Å²) in [6.07, 6.45) is 1.78. The van der Waals surface area contributed by atoms with Crippen molar-refractivity contribution in [1.82, 2.24) is 5.32 Å². The van der Waals surface area contributed by atoms with Crippen molar-refractivity contribution in [3.8, 4) is 11.3 Å². The standard InChI is InChI=1S/C21H14Cl2N2O2S/c1-12-2-4-16(5-3-12)24-20-19(28-21(26)25-20)11-17-6-7-18(27-17)13-8-14(22)10-15(23)9-13/h2-11H,1H3,(H,24,25,26)/b19-11-.